The molecular formula is C60H67N7O27S3. The summed E-state index contributed by atoms with van der Waals surface area (Å²) in [5.74, 6) is -17.0. The normalized spacial score (nSPS) is 16.4. The van der Waals surface area contributed by atoms with Gasteiger partial charge in [0.25, 0.3) is 20.2 Å². The largest absolute Gasteiger partial charge is 0.481 e. The van der Waals surface area contributed by atoms with Gasteiger partial charge in [-0.1, -0.05) is 54.6 Å². The number of benzene rings is 3. The minimum Gasteiger partial charge on any atom is -0.481 e. The summed E-state index contributed by atoms with van der Waals surface area (Å²) in [5.41, 5.74) is 10.2. The molecule has 0 spiro atoms. The predicted molar refractivity (Wildman–Crippen MR) is 335 cm³/mol. The molecule has 3 aromatic carbocycles. The molecule has 6 amide bonds. The number of nitrogen functional groups attached to an aromatic ring is 1. The lowest BCUT2D eigenvalue weighted by Crippen LogP contribution is -2.51. The van der Waals surface area contributed by atoms with Crippen molar-refractivity contribution >= 4 is 120 Å². The molecule has 1 aliphatic carbocycles. The Balaban J connectivity index is 0.994. The number of hydrogen-bond acceptors (Lipinski definition) is 23. The summed E-state index contributed by atoms with van der Waals surface area (Å²) in [7, 11) is -10.5. The maximum atomic E-state index is 14.0. The lowest BCUT2D eigenvalue weighted by Gasteiger charge is -2.31. The molecule has 0 aromatic heterocycles. The number of amides is 6. The number of thioether (sulfide) groups is 1. The van der Waals surface area contributed by atoms with E-state index in [2.05, 4.69) is 10.6 Å². The summed E-state index contributed by atoms with van der Waals surface area (Å²) in [6.07, 6.45) is -1.53. The molecule has 15 N–H and O–H groups in total. The van der Waals surface area contributed by atoms with Gasteiger partial charge >= 0.3 is 35.9 Å². The number of carbonyl (C=O) groups is 13. The molecule has 0 radical (unpaired) electrons. The SMILES string of the molecule is Nc1ccc2c(c1S(=O)(=O)O)OC1=C(S(=O)(=O)O)C(N)C=CC1=C2c1ccc(C(=O)CCCN2C(=O)CC(SCC(CC(=O)C(Cc3ccccc3)NC(=O)CCOCCOCCNC(=O)CC[C@@H](NC(=O)N[C@H](CCC(=O)O)C(=O)O)C(=O)O)C(=O)C(=O)O)C2=O)cc1C(=O)O. The summed E-state index contributed by atoms with van der Waals surface area (Å²) in [4.78, 5) is 163. The van der Waals surface area contributed by atoms with E-state index in [9.17, 15) is 109 Å². The molecule has 1 saturated heterocycles. The van der Waals surface area contributed by atoms with Gasteiger partial charge in [0.1, 0.15) is 17.0 Å². The second-order valence-corrected chi connectivity index (χ2v) is 25.8. The van der Waals surface area contributed by atoms with Gasteiger partial charge < -0.3 is 72.5 Å². The van der Waals surface area contributed by atoms with E-state index >= 15 is 0 Å². The highest BCUT2D eigenvalue weighted by molar-refractivity contribution is 8.00. The van der Waals surface area contributed by atoms with Crippen molar-refractivity contribution in [1.29, 1.82) is 0 Å². The molecule has 2 aliphatic heterocycles. The van der Waals surface area contributed by atoms with E-state index in [-0.39, 0.29) is 99.5 Å². The van der Waals surface area contributed by atoms with Crippen molar-refractivity contribution in [3.8, 4) is 5.75 Å². The summed E-state index contributed by atoms with van der Waals surface area (Å²) in [6.45, 7) is -0.625. The number of allylic oxidation sites excluding steroid dienone is 1. The quantitative estimate of drug-likeness (QED) is 0.00927. The van der Waals surface area contributed by atoms with Crippen molar-refractivity contribution in [3.05, 3.63) is 117 Å². The van der Waals surface area contributed by atoms with E-state index in [1.165, 1.54) is 18.2 Å². The number of ether oxygens (including phenoxy) is 3. The topological polar surface area (TPSA) is 563 Å². The van der Waals surface area contributed by atoms with Crippen LogP contribution >= 0.6 is 11.8 Å². The minimum absolute atomic E-state index is 0.0169. The third-order valence-electron chi connectivity index (χ3n) is 15.0. The Bertz CT molecular complexity index is 3970. The first-order chi connectivity index (χ1) is 45.7. The van der Waals surface area contributed by atoms with Crippen molar-refractivity contribution in [2.75, 3.05) is 51.0 Å². The molecule has 3 aliphatic rings. The number of aromatic carboxylic acids is 1. The van der Waals surface area contributed by atoms with Crippen LogP contribution in [0.25, 0.3) is 5.57 Å². The third-order valence-corrected chi connectivity index (χ3v) is 18.3. The Hall–Kier alpha value is -9.76. The Morgan fingerprint density at radius 1 is 0.732 bits per heavy atom. The van der Waals surface area contributed by atoms with Crippen molar-refractivity contribution in [1.82, 2.24) is 26.2 Å². The molecule has 6 rings (SSSR count). The maximum absolute atomic E-state index is 14.0. The number of likely N-dealkylation sites (tertiary alicyclic amines) is 1. The van der Waals surface area contributed by atoms with E-state index < -0.39 is 203 Å². The van der Waals surface area contributed by atoms with Gasteiger partial charge in [-0.2, -0.15) is 16.8 Å². The maximum Gasteiger partial charge on any atom is 0.372 e. The van der Waals surface area contributed by atoms with E-state index in [1.807, 2.05) is 10.6 Å². The number of carboxylic acids is 5. The van der Waals surface area contributed by atoms with Crippen molar-refractivity contribution in [2.24, 2.45) is 11.7 Å². The van der Waals surface area contributed by atoms with Crippen LogP contribution in [0.5, 0.6) is 5.75 Å². The van der Waals surface area contributed by atoms with Crippen LogP contribution in [0.2, 0.25) is 0 Å². The van der Waals surface area contributed by atoms with Crippen LogP contribution < -0.4 is 37.5 Å². The first-order valence-electron chi connectivity index (χ1n) is 29.3. The molecule has 522 valence electrons. The van der Waals surface area contributed by atoms with Crippen LogP contribution in [0.1, 0.15) is 95.2 Å². The molecule has 34 nitrogen and oxygen atoms in total. The number of carboxylic acid groups (broad SMARTS) is 5. The number of nitrogens with one attached hydrogen (secondary N) is 4. The van der Waals surface area contributed by atoms with Crippen molar-refractivity contribution < 1.29 is 128 Å². The number of aliphatic carboxylic acids is 4. The minimum atomic E-state index is -5.25. The van der Waals surface area contributed by atoms with Gasteiger partial charge in [-0.05, 0) is 55.0 Å². The first kappa shape index (κ1) is 76.3. The van der Waals surface area contributed by atoms with E-state index in [0.717, 1.165) is 40.9 Å². The molecule has 3 aromatic rings. The molecular weight excluding hydrogens is 1350 g/mol. The van der Waals surface area contributed by atoms with E-state index in [4.69, 9.17) is 30.8 Å². The summed E-state index contributed by atoms with van der Waals surface area (Å²) in [6, 6.07) is 6.61. The third kappa shape index (κ3) is 21.1. The average molecular weight is 1410 g/mol. The number of anilines is 1. The van der Waals surface area contributed by atoms with Crippen LogP contribution in [-0.2, 0) is 84.1 Å². The zero-order valence-corrected chi connectivity index (χ0v) is 53.5. The smallest absolute Gasteiger partial charge is 0.372 e. The second-order valence-electron chi connectivity index (χ2n) is 21.8. The van der Waals surface area contributed by atoms with Gasteiger partial charge in [-0.15, -0.1) is 11.8 Å². The van der Waals surface area contributed by atoms with Gasteiger partial charge in [0.2, 0.25) is 29.4 Å². The summed E-state index contributed by atoms with van der Waals surface area (Å²) in [5, 5.41) is 55.7. The predicted octanol–water partition coefficient (Wildman–Crippen LogP) is 0.575. The van der Waals surface area contributed by atoms with Crippen LogP contribution in [0.15, 0.2) is 93.9 Å². The van der Waals surface area contributed by atoms with Crippen molar-refractivity contribution in [3.63, 3.8) is 0 Å². The molecule has 0 saturated carbocycles. The molecule has 97 heavy (non-hydrogen) atoms. The van der Waals surface area contributed by atoms with Crippen LogP contribution in [0.4, 0.5) is 10.5 Å². The molecule has 4 unspecified atom stereocenters. The standard InChI is InChI=1S/C60H67N7O27S3/c61-37-12-10-34-49(35-11-13-38(62)54(97(89,90)91)52(35)94-51(34)53(37)96(86,87)88)33-9-8-31(26-36(33)56(77)78)42(68)7-4-20-67-47(72)28-44(55(67)76)95-29-32(50(75)59(83)84)27-43(69)41(25-30-5-2-1-3-6-30)64-46(71)18-21-92-23-24-93-22-19-63-45(70)16-14-39(57(79)80)65-60(85)66-40(58(81)82)15-17-48(73)74/h1-3,5-6,8-13,26,32,37,39-41,44H,4,7,14-25,27-29,61-62H2,(H,63,70)(H,64,71)(H,73,74)(H,77,78)(H,79,80)(H,81,82)(H,83,84)(H2,65,66,85)(H,86,87,88)(H,89,90,91)/t32?,37?,39-,40-,41?,44?/m1/s1. The average Bonchev–Trinajstić information content (AvgIpc) is 1.16. The van der Waals surface area contributed by atoms with Crippen LogP contribution in [0, 0.1) is 5.92 Å². The van der Waals surface area contributed by atoms with Gasteiger partial charge in [0.15, 0.2) is 28.0 Å². The fourth-order valence-electron chi connectivity index (χ4n) is 10.2. The Labute approximate surface area is 555 Å². The fraction of sp³-hybridized carbons (Fsp3) is 0.383. The molecule has 2 heterocycles. The number of ketones is 3. The first-order valence-corrected chi connectivity index (χ1v) is 33.3. The monoisotopic (exact) mass is 1410 g/mol. The highest BCUT2D eigenvalue weighted by Gasteiger charge is 2.42. The highest BCUT2D eigenvalue weighted by atomic mass is 32.2. The Morgan fingerprint density at radius 2 is 1.37 bits per heavy atom. The number of fused-ring (bicyclic) bond motifs is 2. The number of nitrogens with zero attached hydrogens (tertiary/aromatic N) is 1. The van der Waals surface area contributed by atoms with E-state index in [1.54, 1.807) is 30.3 Å². The second kappa shape index (κ2) is 34.3. The Kier molecular flexibility index (Phi) is 26.9. The van der Waals surface area contributed by atoms with Crippen LogP contribution in [-0.4, -0.2) is 208 Å². The number of Topliss-reactive ketones (excluding diaryl/α,β-unsaturated/α-hetero) is 3. The van der Waals surface area contributed by atoms with Crippen molar-refractivity contribution in [2.45, 2.75) is 98.5 Å². The molecule has 1 fully saturated rings. The van der Waals surface area contributed by atoms with Gasteiger partial charge in [0.05, 0.1) is 55.0 Å². The lowest BCUT2D eigenvalue weighted by atomic mass is 9.84. The number of carbonyl (C=O) groups excluding carboxylic acids is 8. The van der Waals surface area contributed by atoms with Gasteiger partial charge in [-0.25, -0.2) is 24.0 Å². The zero-order valence-electron chi connectivity index (χ0n) is 51.0. The lowest BCUT2D eigenvalue weighted by molar-refractivity contribution is -0.151. The zero-order chi connectivity index (χ0) is 71.6. The highest BCUT2D eigenvalue weighted by Crippen LogP contribution is 2.49. The number of imide groups is 1. The van der Waals surface area contributed by atoms with Gasteiger partial charge in [0, 0.05) is 85.6 Å². The number of urea groups is 1. The summed E-state index contributed by atoms with van der Waals surface area (Å²) < 4.78 is 87.5. The number of hydrogen-bond donors (Lipinski definition) is 13. The molecule has 6 atom stereocenters. The molecule has 0 bridgehead atoms. The number of nitrogens with two attached hydrogens (primary N) is 2. The fourth-order valence-corrected chi connectivity index (χ4v) is 13.0. The Morgan fingerprint density at radius 3 is 1.98 bits per heavy atom. The number of rotatable bonds is 39. The van der Waals surface area contributed by atoms with Gasteiger partial charge in [-0.3, -0.25) is 52.4 Å². The van der Waals surface area contributed by atoms with E-state index in [0.29, 0.717) is 5.56 Å². The molecule has 37 heteroatoms. The summed E-state index contributed by atoms with van der Waals surface area (Å²) >= 11 is 0.743. The van der Waals surface area contributed by atoms with Crippen LogP contribution in [0.3, 0.4) is 0 Å².